The van der Waals surface area contributed by atoms with Crippen LogP contribution in [0.4, 0.5) is 0 Å². The molecule has 2 aromatic carbocycles. The minimum atomic E-state index is 0.259. The highest BCUT2D eigenvalue weighted by Gasteiger charge is 2.17. The molecule has 0 saturated heterocycles. The van der Waals surface area contributed by atoms with Gasteiger partial charge in [-0.15, -0.1) is 0 Å². The number of halogens is 1. The monoisotopic (exact) mass is 405 g/mol. The number of guanidine groups is 1. The van der Waals surface area contributed by atoms with Crippen LogP contribution >= 0.6 is 15.9 Å². The lowest BCUT2D eigenvalue weighted by Crippen LogP contribution is -2.36. The topological polar surface area (TPSA) is 64.1 Å². The molecule has 25 heavy (non-hydrogen) atoms. The highest BCUT2D eigenvalue weighted by Crippen LogP contribution is 2.39. The summed E-state index contributed by atoms with van der Waals surface area (Å²) in [4.78, 5) is 4.25. The first-order valence-corrected chi connectivity index (χ1v) is 8.64. The molecule has 0 saturated carbocycles. The van der Waals surface area contributed by atoms with E-state index in [1.807, 2.05) is 36.4 Å². The zero-order valence-corrected chi connectivity index (χ0v) is 15.7. The first kappa shape index (κ1) is 17.4. The van der Waals surface area contributed by atoms with E-state index in [1.165, 1.54) is 0 Å². The predicted octanol–water partition coefficient (Wildman–Crippen LogP) is 3.05. The van der Waals surface area contributed by atoms with Gasteiger partial charge in [0, 0.05) is 20.1 Å². The zero-order valence-electron chi connectivity index (χ0n) is 14.1. The molecule has 1 aliphatic heterocycles. The SMILES string of the molecule is CN=C(NCc1cccc(OC)c1)NCc1cc(Br)c2c(c1)OCO2. The van der Waals surface area contributed by atoms with Gasteiger partial charge in [-0.1, -0.05) is 12.1 Å². The Morgan fingerprint density at radius 2 is 1.96 bits per heavy atom. The van der Waals surface area contributed by atoms with Crippen LogP contribution in [0.25, 0.3) is 0 Å². The summed E-state index contributed by atoms with van der Waals surface area (Å²) in [5, 5.41) is 6.58. The first-order chi connectivity index (χ1) is 12.2. The van der Waals surface area contributed by atoms with E-state index in [4.69, 9.17) is 14.2 Å². The summed E-state index contributed by atoms with van der Waals surface area (Å²) in [6.45, 7) is 1.53. The summed E-state index contributed by atoms with van der Waals surface area (Å²) < 4.78 is 17.0. The number of benzene rings is 2. The highest BCUT2D eigenvalue weighted by molar-refractivity contribution is 9.10. The third-order valence-corrected chi connectivity index (χ3v) is 4.35. The van der Waals surface area contributed by atoms with Crippen LogP contribution in [-0.2, 0) is 13.1 Å². The van der Waals surface area contributed by atoms with Crippen molar-refractivity contribution in [2.24, 2.45) is 4.99 Å². The Balaban J connectivity index is 1.57. The Morgan fingerprint density at radius 1 is 1.16 bits per heavy atom. The molecule has 0 atom stereocenters. The standard InChI is InChI=1S/C18H20BrN3O3/c1-20-18(21-9-12-4-3-5-14(6-12)23-2)22-10-13-7-15(19)17-16(8-13)24-11-25-17/h3-8H,9-11H2,1-2H3,(H2,20,21,22). The largest absolute Gasteiger partial charge is 0.497 e. The molecule has 6 nitrogen and oxygen atoms in total. The maximum Gasteiger partial charge on any atom is 0.231 e. The van der Waals surface area contributed by atoms with E-state index in [0.717, 1.165) is 38.8 Å². The van der Waals surface area contributed by atoms with E-state index in [0.29, 0.717) is 13.1 Å². The number of ether oxygens (including phenoxy) is 3. The van der Waals surface area contributed by atoms with Crippen molar-refractivity contribution in [3.05, 3.63) is 52.0 Å². The van der Waals surface area contributed by atoms with Crippen LogP contribution in [0.5, 0.6) is 17.2 Å². The van der Waals surface area contributed by atoms with Crippen LogP contribution < -0.4 is 24.8 Å². The fourth-order valence-corrected chi connectivity index (χ4v) is 3.10. The van der Waals surface area contributed by atoms with Crippen LogP contribution in [0, 0.1) is 0 Å². The van der Waals surface area contributed by atoms with Crippen LogP contribution in [0.2, 0.25) is 0 Å². The Kier molecular flexibility index (Phi) is 5.65. The molecule has 1 heterocycles. The van der Waals surface area contributed by atoms with E-state index in [2.05, 4.69) is 31.6 Å². The minimum absolute atomic E-state index is 0.259. The second kappa shape index (κ2) is 8.11. The van der Waals surface area contributed by atoms with Crippen molar-refractivity contribution in [3.8, 4) is 17.2 Å². The molecule has 0 aromatic heterocycles. The number of rotatable bonds is 5. The molecule has 3 rings (SSSR count). The third kappa shape index (κ3) is 4.36. The van der Waals surface area contributed by atoms with E-state index in [-0.39, 0.29) is 6.79 Å². The second-order valence-electron chi connectivity index (χ2n) is 5.44. The molecule has 2 aromatic rings. The first-order valence-electron chi connectivity index (χ1n) is 7.85. The van der Waals surface area contributed by atoms with E-state index in [1.54, 1.807) is 14.2 Å². The van der Waals surface area contributed by atoms with Crippen LogP contribution in [0.3, 0.4) is 0 Å². The Morgan fingerprint density at radius 3 is 2.72 bits per heavy atom. The van der Waals surface area contributed by atoms with Crippen molar-refractivity contribution < 1.29 is 14.2 Å². The lowest BCUT2D eigenvalue weighted by atomic mass is 10.2. The van der Waals surface area contributed by atoms with Gasteiger partial charge in [0.1, 0.15) is 5.75 Å². The molecule has 0 amide bonds. The normalized spacial score (nSPS) is 12.8. The van der Waals surface area contributed by atoms with Gasteiger partial charge in [-0.2, -0.15) is 0 Å². The van der Waals surface area contributed by atoms with Gasteiger partial charge in [0.2, 0.25) is 6.79 Å². The number of hydrogen-bond acceptors (Lipinski definition) is 4. The van der Waals surface area contributed by atoms with Gasteiger partial charge in [-0.3, -0.25) is 4.99 Å². The van der Waals surface area contributed by atoms with Crippen LogP contribution in [-0.4, -0.2) is 26.9 Å². The molecule has 0 spiro atoms. The Bertz CT molecular complexity index is 780. The van der Waals surface area contributed by atoms with Crippen LogP contribution in [0.1, 0.15) is 11.1 Å². The summed E-state index contributed by atoms with van der Waals surface area (Å²) in [7, 11) is 3.41. The van der Waals surface area contributed by atoms with Crippen molar-refractivity contribution in [2.75, 3.05) is 21.0 Å². The molecule has 2 N–H and O–H groups in total. The van der Waals surface area contributed by atoms with Crippen molar-refractivity contribution in [1.82, 2.24) is 10.6 Å². The quantitative estimate of drug-likeness (QED) is 0.591. The molecule has 0 aliphatic carbocycles. The fraction of sp³-hybridized carbons (Fsp3) is 0.278. The van der Waals surface area contributed by atoms with Gasteiger partial charge in [-0.25, -0.2) is 0 Å². The molecule has 132 valence electrons. The van der Waals surface area contributed by atoms with Crippen molar-refractivity contribution in [2.45, 2.75) is 13.1 Å². The molecule has 0 radical (unpaired) electrons. The van der Waals surface area contributed by atoms with Crippen molar-refractivity contribution in [3.63, 3.8) is 0 Å². The predicted molar refractivity (Wildman–Crippen MR) is 100 cm³/mol. The summed E-state index contributed by atoms with van der Waals surface area (Å²) >= 11 is 3.51. The summed E-state index contributed by atoms with van der Waals surface area (Å²) in [6.07, 6.45) is 0. The molecule has 0 unspecified atom stereocenters. The maximum atomic E-state index is 5.44. The van der Waals surface area contributed by atoms with E-state index >= 15 is 0 Å². The number of hydrogen-bond donors (Lipinski definition) is 2. The van der Waals surface area contributed by atoms with Gasteiger partial charge < -0.3 is 24.8 Å². The van der Waals surface area contributed by atoms with Crippen LogP contribution in [0.15, 0.2) is 45.9 Å². The third-order valence-electron chi connectivity index (χ3n) is 3.76. The Hall–Kier alpha value is -2.41. The summed E-state index contributed by atoms with van der Waals surface area (Å²) in [5.41, 5.74) is 2.19. The van der Waals surface area contributed by atoms with Crippen molar-refractivity contribution >= 4 is 21.9 Å². The molecular weight excluding hydrogens is 386 g/mol. The highest BCUT2D eigenvalue weighted by atomic mass is 79.9. The minimum Gasteiger partial charge on any atom is -0.497 e. The van der Waals surface area contributed by atoms with Gasteiger partial charge in [0.05, 0.1) is 11.6 Å². The van der Waals surface area contributed by atoms with Gasteiger partial charge in [0.25, 0.3) is 0 Å². The average molecular weight is 406 g/mol. The lowest BCUT2D eigenvalue weighted by Gasteiger charge is -2.13. The summed E-state index contributed by atoms with van der Waals surface area (Å²) in [5.74, 6) is 3.07. The van der Waals surface area contributed by atoms with Crippen molar-refractivity contribution in [1.29, 1.82) is 0 Å². The molecule has 7 heteroatoms. The van der Waals surface area contributed by atoms with Gasteiger partial charge >= 0.3 is 0 Å². The number of methoxy groups -OCH3 is 1. The molecular formula is C18H20BrN3O3. The summed E-state index contributed by atoms with van der Waals surface area (Å²) in [6, 6.07) is 11.9. The second-order valence-corrected chi connectivity index (χ2v) is 6.30. The van der Waals surface area contributed by atoms with E-state index < -0.39 is 0 Å². The van der Waals surface area contributed by atoms with Gasteiger partial charge in [0.15, 0.2) is 17.5 Å². The number of nitrogens with one attached hydrogen (secondary N) is 2. The number of fused-ring (bicyclic) bond motifs is 1. The molecule has 0 bridgehead atoms. The Labute approximate surface area is 155 Å². The molecule has 0 fully saturated rings. The number of nitrogens with zero attached hydrogens (tertiary/aromatic N) is 1. The average Bonchev–Trinajstić information content (AvgIpc) is 3.11. The molecule has 1 aliphatic rings. The van der Waals surface area contributed by atoms with E-state index in [9.17, 15) is 0 Å². The number of aliphatic imine (C=N–C) groups is 1. The van der Waals surface area contributed by atoms with Gasteiger partial charge in [-0.05, 0) is 51.3 Å². The smallest absolute Gasteiger partial charge is 0.231 e. The maximum absolute atomic E-state index is 5.44. The lowest BCUT2D eigenvalue weighted by molar-refractivity contribution is 0.173. The zero-order chi connectivity index (χ0) is 17.6. The fourth-order valence-electron chi connectivity index (χ4n) is 2.50.